The molecule has 1 aromatic heterocycles. The van der Waals surface area contributed by atoms with Crippen molar-refractivity contribution in [2.45, 2.75) is 18.7 Å². The number of pyridine rings is 1. The van der Waals surface area contributed by atoms with Gasteiger partial charge in [-0.2, -0.15) is 0 Å². The number of para-hydroxylation sites is 1. The van der Waals surface area contributed by atoms with Crippen LogP contribution < -0.4 is 15.2 Å². The molecule has 3 aromatic carbocycles. The Morgan fingerprint density at radius 2 is 1.69 bits per heavy atom. The number of amides is 1. The number of nitrogens with one attached hydrogen (secondary N) is 1. The predicted molar refractivity (Wildman–Crippen MR) is 143 cm³/mol. The third kappa shape index (κ3) is 4.74. The van der Waals surface area contributed by atoms with Crippen molar-refractivity contribution >= 4 is 54.1 Å². The van der Waals surface area contributed by atoms with Crippen LogP contribution in [0.5, 0.6) is 0 Å². The van der Waals surface area contributed by atoms with Crippen molar-refractivity contribution < 1.29 is 13.2 Å². The number of carbonyl (C=O) groups excluding carboxylic acids is 1. The molecule has 0 fully saturated rings. The summed E-state index contributed by atoms with van der Waals surface area (Å²) in [6.45, 7) is 4.06. The molecule has 0 aliphatic rings. The first-order valence-electron chi connectivity index (χ1n) is 10.9. The second-order valence-corrected chi connectivity index (χ2v) is 10.6. The summed E-state index contributed by atoms with van der Waals surface area (Å²) < 4.78 is 30.7. The van der Waals surface area contributed by atoms with E-state index in [4.69, 9.17) is 0 Å². The van der Waals surface area contributed by atoms with Gasteiger partial charge in [-0.15, -0.1) is 0 Å². The van der Waals surface area contributed by atoms with Crippen molar-refractivity contribution in [1.82, 2.24) is 4.57 Å². The molecule has 7 nitrogen and oxygen atoms in total. The largest absolute Gasteiger partial charge is 0.311 e. The third-order valence-corrected chi connectivity index (χ3v) is 8.02. The summed E-state index contributed by atoms with van der Waals surface area (Å²) in [7, 11) is -2.20. The maximum absolute atomic E-state index is 13.7. The van der Waals surface area contributed by atoms with Gasteiger partial charge in [-0.1, -0.05) is 29.8 Å². The number of benzene rings is 3. The lowest BCUT2D eigenvalue weighted by Gasteiger charge is -2.25. The van der Waals surface area contributed by atoms with Crippen molar-refractivity contribution in [3.63, 3.8) is 0 Å². The first-order chi connectivity index (χ1) is 16.6. The zero-order valence-corrected chi connectivity index (χ0v) is 21.9. The maximum Gasteiger partial charge on any atom is 0.261 e. The number of rotatable bonds is 6. The molecule has 9 heteroatoms. The van der Waals surface area contributed by atoms with Gasteiger partial charge in [0.1, 0.15) is 0 Å². The van der Waals surface area contributed by atoms with Crippen molar-refractivity contribution in [3.05, 3.63) is 98.7 Å². The smallest absolute Gasteiger partial charge is 0.261 e. The molecule has 0 spiro atoms. The number of fused-ring (bicyclic) bond motifs is 1. The number of hydrogen-bond acceptors (Lipinski definition) is 4. The highest BCUT2D eigenvalue weighted by atomic mass is 79.9. The highest BCUT2D eigenvalue weighted by molar-refractivity contribution is 9.10. The van der Waals surface area contributed by atoms with Gasteiger partial charge in [-0.25, -0.2) is 8.42 Å². The Bertz CT molecular complexity index is 1600. The first kappa shape index (κ1) is 24.7. The summed E-state index contributed by atoms with van der Waals surface area (Å²) in [5.74, 6) is -0.362. The lowest BCUT2D eigenvalue weighted by atomic mass is 10.1. The minimum absolute atomic E-state index is 0.112. The van der Waals surface area contributed by atoms with Gasteiger partial charge in [0.25, 0.3) is 21.5 Å². The predicted octanol–water partition coefficient (Wildman–Crippen LogP) is 5.08. The lowest BCUT2D eigenvalue weighted by Crippen LogP contribution is -2.32. The quantitative estimate of drug-likeness (QED) is 0.360. The Labute approximate surface area is 212 Å². The number of carbonyl (C=O) groups is 1. The van der Waals surface area contributed by atoms with Crippen molar-refractivity contribution in [2.75, 3.05) is 16.2 Å². The number of anilines is 2. The number of halogens is 1. The Morgan fingerprint density at radius 3 is 2.37 bits per heavy atom. The van der Waals surface area contributed by atoms with E-state index in [1.807, 2.05) is 13.8 Å². The van der Waals surface area contributed by atoms with Gasteiger partial charge in [0, 0.05) is 25.0 Å². The molecule has 0 aliphatic carbocycles. The van der Waals surface area contributed by atoms with Crippen LogP contribution in [0, 0.1) is 6.92 Å². The van der Waals surface area contributed by atoms with E-state index in [0.717, 1.165) is 16.5 Å². The molecule has 0 atom stereocenters. The molecule has 180 valence electrons. The van der Waals surface area contributed by atoms with E-state index in [2.05, 4.69) is 20.7 Å². The minimum atomic E-state index is -3.89. The second kappa shape index (κ2) is 9.67. The van der Waals surface area contributed by atoms with Gasteiger partial charge in [0.15, 0.2) is 0 Å². The average Bonchev–Trinajstić information content (AvgIpc) is 2.83. The molecule has 0 radical (unpaired) electrons. The fourth-order valence-corrected chi connectivity index (χ4v) is 5.63. The van der Waals surface area contributed by atoms with Crippen LogP contribution in [0.15, 0.2) is 87.0 Å². The number of aryl methyl sites for hydroxylation is 2. The molecular formula is C26H24BrN3O4S. The normalized spacial score (nSPS) is 11.4. The summed E-state index contributed by atoms with van der Waals surface area (Å²) in [4.78, 5) is 27.4. The van der Waals surface area contributed by atoms with Crippen LogP contribution in [-0.2, 0) is 17.1 Å². The maximum atomic E-state index is 13.7. The van der Waals surface area contributed by atoms with Crippen molar-refractivity contribution in [1.29, 1.82) is 0 Å². The topological polar surface area (TPSA) is 88.5 Å². The Hall–Kier alpha value is -3.43. The van der Waals surface area contributed by atoms with E-state index in [9.17, 15) is 18.0 Å². The summed E-state index contributed by atoms with van der Waals surface area (Å²) in [6, 6.07) is 19.8. The number of aromatic nitrogens is 1. The molecular weight excluding hydrogens is 530 g/mol. The minimum Gasteiger partial charge on any atom is -0.311 e. The second-order valence-electron chi connectivity index (χ2n) is 8.08. The lowest BCUT2D eigenvalue weighted by molar-refractivity contribution is 0.0989. The monoisotopic (exact) mass is 553 g/mol. The molecule has 35 heavy (non-hydrogen) atoms. The van der Waals surface area contributed by atoms with Crippen LogP contribution >= 0.6 is 15.9 Å². The van der Waals surface area contributed by atoms with E-state index >= 15 is 0 Å². The third-order valence-electron chi connectivity index (χ3n) is 5.81. The number of nitrogens with zero attached hydrogens (tertiary/aromatic N) is 2. The zero-order chi connectivity index (χ0) is 25.3. The van der Waals surface area contributed by atoms with Gasteiger partial charge in [0.05, 0.1) is 31.8 Å². The van der Waals surface area contributed by atoms with Crippen LogP contribution in [0.4, 0.5) is 11.4 Å². The molecule has 4 rings (SSSR count). The molecule has 0 saturated carbocycles. The average molecular weight is 554 g/mol. The molecule has 1 heterocycles. The summed E-state index contributed by atoms with van der Waals surface area (Å²) in [6.07, 6.45) is 0. The molecule has 0 aliphatic heterocycles. The molecule has 1 amide bonds. The van der Waals surface area contributed by atoms with Gasteiger partial charge < -0.3 is 9.47 Å². The van der Waals surface area contributed by atoms with E-state index in [1.165, 1.54) is 22.8 Å². The van der Waals surface area contributed by atoms with Crippen molar-refractivity contribution in [2.24, 2.45) is 7.05 Å². The molecule has 1 N–H and O–H groups in total. The standard InChI is InChI=1S/C26H24BrN3O4S/c1-4-30(23-15-14-22-20(25(23)27)13-16-24(31)29(22)3)26(32)19-7-5-6-8-21(19)28-35(33,34)18-11-9-17(2)10-12-18/h5-16,28H,4H2,1-3H3. The molecule has 4 aromatic rings. The van der Waals surface area contributed by atoms with E-state index < -0.39 is 10.0 Å². The van der Waals surface area contributed by atoms with Crippen LogP contribution in [0.1, 0.15) is 22.8 Å². The fraction of sp³-hybridized carbons (Fsp3) is 0.154. The molecule has 0 saturated heterocycles. The molecule has 0 unspecified atom stereocenters. The Kier molecular flexibility index (Phi) is 6.82. The highest BCUT2D eigenvalue weighted by Gasteiger charge is 2.24. The first-order valence-corrected chi connectivity index (χ1v) is 13.2. The van der Waals surface area contributed by atoms with Gasteiger partial charge in [-0.05, 0) is 72.2 Å². The van der Waals surface area contributed by atoms with E-state index in [1.54, 1.807) is 66.5 Å². The SMILES string of the molecule is CCN(C(=O)c1ccccc1NS(=O)(=O)c1ccc(C)cc1)c1ccc2c(ccc(=O)n2C)c1Br. The number of sulfonamides is 1. The van der Waals surface area contributed by atoms with Crippen LogP contribution in [-0.4, -0.2) is 25.4 Å². The molecule has 0 bridgehead atoms. The fourth-order valence-electron chi connectivity index (χ4n) is 3.86. The highest BCUT2D eigenvalue weighted by Crippen LogP contribution is 2.34. The summed E-state index contributed by atoms with van der Waals surface area (Å²) >= 11 is 3.61. The van der Waals surface area contributed by atoms with Crippen LogP contribution in [0.3, 0.4) is 0 Å². The summed E-state index contributed by atoms with van der Waals surface area (Å²) in [5, 5.41) is 0.782. The zero-order valence-electron chi connectivity index (χ0n) is 19.4. The van der Waals surface area contributed by atoms with Crippen LogP contribution in [0.25, 0.3) is 10.9 Å². The van der Waals surface area contributed by atoms with Crippen molar-refractivity contribution in [3.8, 4) is 0 Å². The van der Waals surface area contributed by atoms with Crippen LogP contribution in [0.2, 0.25) is 0 Å². The number of hydrogen-bond donors (Lipinski definition) is 1. The van der Waals surface area contributed by atoms with E-state index in [-0.39, 0.29) is 27.6 Å². The Balaban J connectivity index is 1.74. The van der Waals surface area contributed by atoms with Gasteiger partial charge in [0.2, 0.25) is 0 Å². The van der Waals surface area contributed by atoms with Gasteiger partial charge >= 0.3 is 0 Å². The Morgan fingerprint density at radius 1 is 1.00 bits per heavy atom. The van der Waals surface area contributed by atoms with E-state index in [0.29, 0.717) is 16.7 Å². The summed E-state index contributed by atoms with van der Waals surface area (Å²) in [5.41, 5.74) is 2.56. The van der Waals surface area contributed by atoms with Gasteiger partial charge in [-0.3, -0.25) is 14.3 Å².